The Labute approximate surface area is 243 Å². The van der Waals surface area contributed by atoms with Crippen molar-refractivity contribution in [3.8, 4) is 0 Å². The molecule has 0 saturated heterocycles. The largest absolute Gasteiger partial charge is 0.480 e. The molecular formula is C31H32ClN3O6. The van der Waals surface area contributed by atoms with E-state index in [0.717, 1.165) is 5.56 Å². The van der Waals surface area contributed by atoms with Crippen LogP contribution in [0.4, 0.5) is 11.4 Å². The van der Waals surface area contributed by atoms with Gasteiger partial charge >= 0.3 is 11.9 Å². The molecule has 1 aliphatic heterocycles. The Kier molecular flexibility index (Phi) is 9.42. The summed E-state index contributed by atoms with van der Waals surface area (Å²) in [6.45, 7) is 3.60. The second-order valence-electron chi connectivity index (χ2n) is 10.1. The van der Waals surface area contributed by atoms with Crippen molar-refractivity contribution in [1.29, 1.82) is 0 Å². The molecule has 0 bridgehead atoms. The van der Waals surface area contributed by atoms with Crippen LogP contribution in [0.15, 0.2) is 60.7 Å². The van der Waals surface area contributed by atoms with Gasteiger partial charge in [-0.15, -0.1) is 0 Å². The number of amides is 2. The number of ether oxygens (including phenoxy) is 1. The van der Waals surface area contributed by atoms with Gasteiger partial charge in [0.2, 0.25) is 0 Å². The van der Waals surface area contributed by atoms with Gasteiger partial charge in [-0.1, -0.05) is 29.8 Å². The fourth-order valence-corrected chi connectivity index (χ4v) is 5.11. The van der Waals surface area contributed by atoms with Crippen LogP contribution < -0.4 is 10.2 Å². The standard InChI is InChI=1S/C31H32ClN3O6/c1-19-7-4-5-8-23(19)30(39)33-22-11-12-24(20(2)15-22)31(40)35-14-6-9-27(25-16-21(32)10-13-26(25)35)41-29(38)18-34(3)17-28(36)37/h4-5,7-8,10-13,15-16,27H,6,9,14,17-18H2,1-3H3,(H,33,39)(H,36,37). The first-order valence-corrected chi connectivity index (χ1v) is 13.6. The van der Waals surface area contributed by atoms with Crippen LogP contribution in [0.3, 0.4) is 0 Å². The lowest BCUT2D eigenvalue weighted by Gasteiger charge is -2.25. The van der Waals surface area contributed by atoms with E-state index < -0.39 is 18.0 Å². The van der Waals surface area contributed by atoms with Crippen LogP contribution in [0.25, 0.3) is 0 Å². The second kappa shape index (κ2) is 13.0. The molecule has 0 spiro atoms. The highest BCUT2D eigenvalue weighted by Crippen LogP contribution is 2.38. The lowest BCUT2D eigenvalue weighted by Crippen LogP contribution is -2.33. The number of esters is 1. The van der Waals surface area contributed by atoms with Crippen molar-refractivity contribution in [2.24, 2.45) is 0 Å². The van der Waals surface area contributed by atoms with Crippen LogP contribution in [0.5, 0.6) is 0 Å². The van der Waals surface area contributed by atoms with E-state index in [1.54, 1.807) is 47.4 Å². The average molecular weight is 578 g/mol. The molecule has 0 radical (unpaired) electrons. The number of hydrogen-bond donors (Lipinski definition) is 2. The molecule has 1 atom stereocenters. The smallest absolute Gasteiger partial charge is 0.320 e. The first-order chi connectivity index (χ1) is 19.5. The quantitative estimate of drug-likeness (QED) is 0.351. The van der Waals surface area contributed by atoms with E-state index in [0.29, 0.717) is 58.0 Å². The van der Waals surface area contributed by atoms with E-state index in [1.165, 1.54) is 11.9 Å². The zero-order valence-corrected chi connectivity index (χ0v) is 23.9. The summed E-state index contributed by atoms with van der Waals surface area (Å²) in [5.41, 5.74) is 4.39. The maximum absolute atomic E-state index is 13.8. The molecule has 41 heavy (non-hydrogen) atoms. The molecule has 3 aromatic rings. The Morgan fingerprint density at radius 1 is 1.00 bits per heavy atom. The molecule has 0 aliphatic carbocycles. The van der Waals surface area contributed by atoms with Crippen LogP contribution in [0.1, 0.15) is 56.4 Å². The third-order valence-corrected chi connectivity index (χ3v) is 7.14. The number of aliphatic carboxylic acids is 1. The van der Waals surface area contributed by atoms with Gasteiger partial charge in [-0.05, 0) is 87.3 Å². The molecular weight excluding hydrogens is 546 g/mol. The van der Waals surface area contributed by atoms with Crippen LogP contribution in [0.2, 0.25) is 5.02 Å². The number of carboxylic acids is 1. The number of aryl methyl sites for hydroxylation is 2. The third kappa shape index (κ3) is 7.31. The van der Waals surface area contributed by atoms with Gasteiger partial charge in [0, 0.05) is 33.9 Å². The monoisotopic (exact) mass is 577 g/mol. The molecule has 1 heterocycles. The normalized spacial score (nSPS) is 14.7. The van der Waals surface area contributed by atoms with Gasteiger partial charge in [0.05, 0.1) is 18.8 Å². The number of nitrogens with zero attached hydrogens (tertiary/aromatic N) is 2. The molecule has 0 saturated carbocycles. The van der Waals surface area contributed by atoms with E-state index in [1.807, 2.05) is 32.0 Å². The Balaban J connectivity index is 1.54. The summed E-state index contributed by atoms with van der Waals surface area (Å²) in [5, 5.41) is 12.3. The summed E-state index contributed by atoms with van der Waals surface area (Å²) in [4.78, 5) is 53.2. The maximum atomic E-state index is 13.8. The van der Waals surface area contributed by atoms with E-state index >= 15 is 0 Å². The third-order valence-electron chi connectivity index (χ3n) is 6.90. The minimum atomic E-state index is -1.04. The number of benzene rings is 3. The van der Waals surface area contributed by atoms with Gasteiger partial charge in [-0.25, -0.2) is 0 Å². The Hall–Kier alpha value is -4.21. The Morgan fingerprint density at radius 3 is 2.46 bits per heavy atom. The lowest BCUT2D eigenvalue weighted by atomic mass is 10.0. The van der Waals surface area contributed by atoms with E-state index in [4.69, 9.17) is 21.4 Å². The minimum absolute atomic E-state index is 0.187. The number of carbonyl (C=O) groups excluding carboxylic acids is 3. The second-order valence-corrected chi connectivity index (χ2v) is 10.6. The van der Waals surface area contributed by atoms with E-state index in [2.05, 4.69) is 5.32 Å². The Bertz CT molecular complexity index is 1490. The Morgan fingerprint density at radius 2 is 1.76 bits per heavy atom. The fourth-order valence-electron chi connectivity index (χ4n) is 4.93. The van der Waals surface area contributed by atoms with Crippen molar-refractivity contribution < 1.29 is 29.0 Å². The molecule has 3 aromatic carbocycles. The van der Waals surface area contributed by atoms with Crippen LogP contribution in [-0.2, 0) is 14.3 Å². The number of rotatable bonds is 8. The summed E-state index contributed by atoms with van der Waals surface area (Å²) >= 11 is 6.30. The van der Waals surface area contributed by atoms with Gasteiger partial charge in [0.1, 0.15) is 6.10 Å². The van der Waals surface area contributed by atoms with Crippen molar-refractivity contribution in [3.05, 3.63) is 93.5 Å². The molecule has 0 fully saturated rings. The summed E-state index contributed by atoms with van der Waals surface area (Å²) in [5.74, 6) is -2.06. The molecule has 10 heteroatoms. The van der Waals surface area contributed by atoms with Gasteiger partial charge in [-0.2, -0.15) is 0 Å². The van der Waals surface area contributed by atoms with E-state index in [-0.39, 0.29) is 24.9 Å². The van der Waals surface area contributed by atoms with Gasteiger partial charge in [0.15, 0.2) is 0 Å². The molecule has 2 amide bonds. The SMILES string of the molecule is Cc1ccccc1C(=O)Nc1ccc(C(=O)N2CCCC(OC(=O)CN(C)CC(=O)O)c3cc(Cl)ccc32)c(C)c1. The van der Waals surface area contributed by atoms with Crippen molar-refractivity contribution in [1.82, 2.24) is 4.90 Å². The molecule has 9 nitrogen and oxygen atoms in total. The molecule has 2 N–H and O–H groups in total. The first kappa shape index (κ1) is 29.8. The van der Waals surface area contributed by atoms with Crippen molar-refractivity contribution >= 4 is 46.7 Å². The molecule has 214 valence electrons. The minimum Gasteiger partial charge on any atom is -0.480 e. The number of nitrogens with one attached hydrogen (secondary N) is 1. The topological polar surface area (TPSA) is 116 Å². The maximum Gasteiger partial charge on any atom is 0.320 e. The predicted molar refractivity (Wildman–Crippen MR) is 157 cm³/mol. The summed E-state index contributed by atoms with van der Waals surface area (Å²) in [6.07, 6.45) is 0.381. The van der Waals surface area contributed by atoms with E-state index in [9.17, 15) is 19.2 Å². The van der Waals surface area contributed by atoms with Gasteiger partial charge in [-0.3, -0.25) is 24.1 Å². The zero-order valence-electron chi connectivity index (χ0n) is 23.1. The van der Waals surface area contributed by atoms with Crippen LogP contribution in [-0.4, -0.2) is 60.4 Å². The number of fused-ring (bicyclic) bond motifs is 1. The average Bonchev–Trinajstić information content (AvgIpc) is 3.07. The highest BCUT2D eigenvalue weighted by Gasteiger charge is 2.30. The molecule has 0 aromatic heterocycles. The number of carboxylic acid groups (broad SMARTS) is 1. The van der Waals surface area contributed by atoms with Crippen molar-refractivity contribution in [3.63, 3.8) is 0 Å². The first-order valence-electron chi connectivity index (χ1n) is 13.2. The number of carbonyl (C=O) groups is 4. The molecule has 4 rings (SSSR count). The summed E-state index contributed by atoms with van der Waals surface area (Å²) in [7, 11) is 1.52. The van der Waals surface area contributed by atoms with Crippen LogP contribution in [0, 0.1) is 13.8 Å². The fraction of sp³-hybridized carbons (Fsp3) is 0.290. The van der Waals surface area contributed by atoms with Gasteiger partial charge < -0.3 is 20.1 Å². The predicted octanol–water partition coefficient (Wildman–Crippen LogP) is 5.25. The molecule has 1 unspecified atom stereocenters. The highest BCUT2D eigenvalue weighted by molar-refractivity contribution is 6.30. The number of hydrogen-bond acceptors (Lipinski definition) is 6. The number of anilines is 2. The van der Waals surface area contributed by atoms with Crippen molar-refractivity contribution in [2.75, 3.05) is 36.9 Å². The zero-order chi connectivity index (χ0) is 29.7. The lowest BCUT2D eigenvalue weighted by molar-refractivity contribution is -0.151. The molecule has 1 aliphatic rings. The summed E-state index contributed by atoms with van der Waals surface area (Å²) < 4.78 is 5.75. The van der Waals surface area contributed by atoms with Gasteiger partial charge in [0.25, 0.3) is 11.8 Å². The van der Waals surface area contributed by atoms with Crippen LogP contribution >= 0.6 is 11.6 Å². The number of halogens is 1. The number of likely N-dealkylation sites (N-methyl/N-ethyl adjacent to an activating group) is 1. The van der Waals surface area contributed by atoms with Crippen molar-refractivity contribution in [2.45, 2.75) is 32.8 Å². The highest BCUT2D eigenvalue weighted by atomic mass is 35.5. The summed E-state index contributed by atoms with van der Waals surface area (Å²) in [6, 6.07) is 17.6.